The molecule has 1 aromatic heterocycles. The highest BCUT2D eigenvalue weighted by Gasteiger charge is 2.13. The molecule has 0 radical (unpaired) electrons. The van der Waals surface area contributed by atoms with Crippen molar-refractivity contribution in [2.24, 2.45) is 0 Å². The maximum absolute atomic E-state index is 12.4. The fourth-order valence-electron chi connectivity index (χ4n) is 2.93. The van der Waals surface area contributed by atoms with Crippen molar-refractivity contribution in [3.05, 3.63) is 48.0 Å². The number of anilines is 3. The van der Waals surface area contributed by atoms with Crippen LogP contribution in [-0.2, 0) is 11.2 Å². The summed E-state index contributed by atoms with van der Waals surface area (Å²) in [7, 11) is 0. The summed E-state index contributed by atoms with van der Waals surface area (Å²) in [5.74, 6) is 0.406. The lowest BCUT2D eigenvalue weighted by atomic mass is 10.1. The molecule has 1 heterocycles. The number of nitrogens with zero attached hydrogens (tertiary/aromatic N) is 2. The quantitative estimate of drug-likeness (QED) is 0.603. The van der Waals surface area contributed by atoms with Crippen molar-refractivity contribution in [3.8, 4) is 0 Å². The SMILES string of the molecule is CCN(CC)c1ccc2[nH]nc(NC(=O)Cc3ccccc3N)c2c1. The molecule has 1 amide bonds. The summed E-state index contributed by atoms with van der Waals surface area (Å²) >= 11 is 0. The molecule has 0 unspecified atom stereocenters. The molecular formula is C19H23N5O. The van der Waals surface area contributed by atoms with Crippen molar-refractivity contribution < 1.29 is 4.79 Å². The molecule has 6 heteroatoms. The van der Waals surface area contributed by atoms with E-state index in [9.17, 15) is 4.79 Å². The van der Waals surface area contributed by atoms with Crippen LogP contribution in [0.25, 0.3) is 10.9 Å². The van der Waals surface area contributed by atoms with E-state index in [2.05, 4.69) is 46.4 Å². The van der Waals surface area contributed by atoms with Crippen LogP contribution in [-0.4, -0.2) is 29.2 Å². The fourth-order valence-corrected chi connectivity index (χ4v) is 2.93. The van der Waals surface area contributed by atoms with Crippen LogP contribution in [0.4, 0.5) is 17.2 Å². The number of carbonyl (C=O) groups is 1. The minimum Gasteiger partial charge on any atom is -0.398 e. The van der Waals surface area contributed by atoms with Crippen LogP contribution in [0.1, 0.15) is 19.4 Å². The molecule has 0 aliphatic heterocycles. The zero-order valence-corrected chi connectivity index (χ0v) is 14.5. The van der Waals surface area contributed by atoms with Gasteiger partial charge in [0.1, 0.15) is 0 Å². The summed E-state index contributed by atoms with van der Waals surface area (Å²) in [6.45, 7) is 6.09. The smallest absolute Gasteiger partial charge is 0.230 e. The summed E-state index contributed by atoms with van der Waals surface area (Å²) < 4.78 is 0. The van der Waals surface area contributed by atoms with Gasteiger partial charge in [-0.25, -0.2) is 0 Å². The number of hydrogen-bond donors (Lipinski definition) is 3. The Kier molecular flexibility index (Phi) is 4.88. The van der Waals surface area contributed by atoms with E-state index in [-0.39, 0.29) is 12.3 Å². The van der Waals surface area contributed by atoms with Crippen LogP contribution < -0.4 is 16.0 Å². The van der Waals surface area contributed by atoms with Gasteiger partial charge in [0, 0.05) is 29.9 Å². The van der Waals surface area contributed by atoms with Crippen molar-refractivity contribution in [2.75, 3.05) is 29.0 Å². The number of fused-ring (bicyclic) bond motifs is 1. The van der Waals surface area contributed by atoms with Gasteiger partial charge in [-0.3, -0.25) is 9.89 Å². The Labute approximate surface area is 147 Å². The molecule has 0 saturated carbocycles. The van der Waals surface area contributed by atoms with Gasteiger partial charge in [0.15, 0.2) is 5.82 Å². The van der Waals surface area contributed by atoms with E-state index >= 15 is 0 Å². The second-order valence-electron chi connectivity index (χ2n) is 5.90. The first-order chi connectivity index (χ1) is 12.1. The summed E-state index contributed by atoms with van der Waals surface area (Å²) in [6.07, 6.45) is 0.219. The molecule has 0 bridgehead atoms. The fraction of sp³-hybridized carbons (Fsp3) is 0.263. The Morgan fingerprint density at radius 2 is 1.96 bits per heavy atom. The van der Waals surface area contributed by atoms with Crippen LogP contribution in [0.5, 0.6) is 0 Å². The minimum atomic E-state index is -0.139. The summed E-state index contributed by atoms with van der Waals surface area (Å²) in [5, 5.41) is 11.0. The molecule has 3 aromatic rings. The predicted octanol–water partition coefficient (Wildman–Crippen LogP) is 3.17. The first-order valence-electron chi connectivity index (χ1n) is 8.48. The van der Waals surface area contributed by atoms with Gasteiger partial charge in [-0.1, -0.05) is 18.2 Å². The van der Waals surface area contributed by atoms with Crippen molar-refractivity contribution in [1.82, 2.24) is 10.2 Å². The van der Waals surface area contributed by atoms with Gasteiger partial charge in [-0.2, -0.15) is 5.10 Å². The molecule has 25 heavy (non-hydrogen) atoms. The van der Waals surface area contributed by atoms with E-state index in [1.807, 2.05) is 24.3 Å². The number of benzene rings is 2. The number of nitrogens with two attached hydrogens (primary N) is 1. The third-order valence-electron chi connectivity index (χ3n) is 4.34. The molecule has 6 nitrogen and oxygen atoms in total. The molecule has 0 spiro atoms. The number of nitrogen functional groups attached to an aromatic ring is 1. The summed E-state index contributed by atoms with van der Waals surface area (Å²) in [5.41, 5.74) is 9.34. The Morgan fingerprint density at radius 1 is 1.20 bits per heavy atom. The highest BCUT2D eigenvalue weighted by atomic mass is 16.1. The highest BCUT2D eigenvalue weighted by molar-refractivity contribution is 6.01. The Balaban J connectivity index is 1.82. The average Bonchev–Trinajstić information content (AvgIpc) is 3.00. The monoisotopic (exact) mass is 337 g/mol. The third kappa shape index (κ3) is 3.57. The van der Waals surface area contributed by atoms with E-state index in [0.29, 0.717) is 11.5 Å². The first-order valence-corrected chi connectivity index (χ1v) is 8.48. The molecule has 4 N–H and O–H groups in total. The molecular weight excluding hydrogens is 314 g/mol. The second kappa shape index (κ2) is 7.25. The van der Waals surface area contributed by atoms with E-state index in [1.54, 1.807) is 6.07 Å². The molecule has 0 atom stereocenters. The van der Waals surface area contributed by atoms with Crippen molar-refractivity contribution in [3.63, 3.8) is 0 Å². The van der Waals surface area contributed by atoms with E-state index in [0.717, 1.165) is 35.2 Å². The number of nitrogens with one attached hydrogen (secondary N) is 2. The number of aromatic amines is 1. The number of H-pyrrole nitrogens is 1. The molecule has 0 saturated heterocycles. The number of carbonyl (C=O) groups excluding carboxylic acids is 1. The van der Waals surface area contributed by atoms with Gasteiger partial charge in [0.25, 0.3) is 0 Å². The van der Waals surface area contributed by atoms with E-state index in [4.69, 9.17) is 5.73 Å². The van der Waals surface area contributed by atoms with Crippen LogP contribution >= 0.6 is 0 Å². The zero-order chi connectivity index (χ0) is 17.8. The molecule has 0 aliphatic carbocycles. The van der Waals surface area contributed by atoms with Crippen molar-refractivity contribution >= 4 is 34.0 Å². The predicted molar refractivity (Wildman–Crippen MR) is 103 cm³/mol. The summed E-state index contributed by atoms with van der Waals surface area (Å²) in [4.78, 5) is 14.6. The van der Waals surface area contributed by atoms with E-state index in [1.165, 1.54) is 0 Å². The average molecular weight is 337 g/mol. The lowest BCUT2D eigenvalue weighted by molar-refractivity contribution is -0.115. The van der Waals surface area contributed by atoms with Gasteiger partial charge in [-0.15, -0.1) is 0 Å². The van der Waals surface area contributed by atoms with Crippen LogP contribution in [0, 0.1) is 0 Å². The zero-order valence-electron chi connectivity index (χ0n) is 14.5. The van der Waals surface area contributed by atoms with Crippen LogP contribution in [0.15, 0.2) is 42.5 Å². The lowest BCUT2D eigenvalue weighted by Gasteiger charge is -2.20. The number of amides is 1. The largest absolute Gasteiger partial charge is 0.398 e. The van der Waals surface area contributed by atoms with Crippen molar-refractivity contribution in [1.29, 1.82) is 0 Å². The van der Waals surface area contributed by atoms with Gasteiger partial charge < -0.3 is 16.0 Å². The standard InChI is InChI=1S/C19H23N5O/c1-3-24(4-2)14-9-10-17-15(12-14)19(23-22-17)21-18(25)11-13-7-5-6-8-16(13)20/h5-10,12H,3-4,11,20H2,1-2H3,(H2,21,22,23,25). The van der Waals surface area contributed by atoms with Gasteiger partial charge in [0.05, 0.1) is 11.9 Å². The van der Waals surface area contributed by atoms with Crippen LogP contribution in [0.2, 0.25) is 0 Å². The topological polar surface area (TPSA) is 87.0 Å². The number of aromatic nitrogens is 2. The highest BCUT2D eigenvalue weighted by Crippen LogP contribution is 2.26. The number of para-hydroxylation sites is 1. The molecule has 0 aliphatic rings. The number of hydrogen-bond acceptors (Lipinski definition) is 4. The Bertz CT molecular complexity index is 882. The summed E-state index contributed by atoms with van der Waals surface area (Å²) in [6, 6.07) is 13.5. The maximum Gasteiger partial charge on any atom is 0.230 e. The van der Waals surface area contributed by atoms with Crippen LogP contribution in [0.3, 0.4) is 0 Å². The first kappa shape index (κ1) is 16.8. The Morgan fingerprint density at radius 3 is 2.68 bits per heavy atom. The third-order valence-corrected chi connectivity index (χ3v) is 4.34. The maximum atomic E-state index is 12.4. The van der Waals surface area contributed by atoms with Gasteiger partial charge in [0.2, 0.25) is 5.91 Å². The molecule has 130 valence electrons. The van der Waals surface area contributed by atoms with Crippen molar-refractivity contribution in [2.45, 2.75) is 20.3 Å². The normalized spacial score (nSPS) is 10.8. The number of rotatable bonds is 6. The van der Waals surface area contributed by atoms with E-state index < -0.39 is 0 Å². The van der Waals surface area contributed by atoms with Gasteiger partial charge in [-0.05, 0) is 43.7 Å². The molecule has 0 fully saturated rings. The second-order valence-corrected chi connectivity index (χ2v) is 5.90. The molecule has 2 aromatic carbocycles. The Hall–Kier alpha value is -3.02. The van der Waals surface area contributed by atoms with Gasteiger partial charge >= 0.3 is 0 Å². The lowest BCUT2D eigenvalue weighted by Crippen LogP contribution is -2.21. The molecule has 3 rings (SSSR count). The minimum absolute atomic E-state index is 0.139.